The lowest BCUT2D eigenvalue weighted by Gasteiger charge is -2.21. The SMILES string of the molecule is CCN(CC)CCCNN(CC)CC. The highest BCUT2D eigenvalue weighted by Crippen LogP contribution is 1.90. The van der Waals surface area contributed by atoms with Crippen LogP contribution in [0.5, 0.6) is 0 Å². The first-order valence-corrected chi connectivity index (χ1v) is 5.99. The molecule has 0 unspecified atom stereocenters. The van der Waals surface area contributed by atoms with Gasteiger partial charge in [0.15, 0.2) is 0 Å². The average molecular weight is 201 g/mol. The van der Waals surface area contributed by atoms with Gasteiger partial charge in [-0.15, -0.1) is 0 Å². The molecule has 0 aromatic rings. The molecule has 0 aromatic carbocycles. The van der Waals surface area contributed by atoms with E-state index in [4.69, 9.17) is 0 Å². The summed E-state index contributed by atoms with van der Waals surface area (Å²) in [5.74, 6) is 0. The molecule has 0 saturated heterocycles. The second kappa shape index (κ2) is 9.44. The van der Waals surface area contributed by atoms with Gasteiger partial charge in [-0.25, -0.2) is 5.01 Å². The van der Waals surface area contributed by atoms with Gasteiger partial charge in [-0.05, 0) is 26.1 Å². The van der Waals surface area contributed by atoms with Gasteiger partial charge in [0.1, 0.15) is 0 Å². The first-order valence-electron chi connectivity index (χ1n) is 5.99. The normalized spacial score (nSPS) is 11.6. The minimum Gasteiger partial charge on any atom is -0.304 e. The van der Waals surface area contributed by atoms with E-state index in [2.05, 4.69) is 43.0 Å². The van der Waals surface area contributed by atoms with E-state index in [0.717, 1.165) is 19.6 Å². The third kappa shape index (κ3) is 6.35. The standard InChI is InChI=1S/C11H27N3/c1-5-13(6-2)11-9-10-12-14(7-3)8-4/h12H,5-11H2,1-4H3. The van der Waals surface area contributed by atoms with Crippen molar-refractivity contribution in [2.75, 3.05) is 39.3 Å². The number of nitrogens with one attached hydrogen (secondary N) is 1. The Kier molecular flexibility index (Phi) is 9.35. The highest BCUT2D eigenvalue weighted by Gasteiger charge is 1.99. The van der Waals surface area contributed by atoms with Crippen LogP contribution in [-0.2, 0) is 0 Å². The van der Waals surface area contributed by atoms with Crippen LogP contribution in [0.3, 0.4) is 0 Å². The second-order valence-corrected chi connectivity index (χ2v) is 3.46. The van der Waals surface area contributed by atoms with E-state index in [9.17, 15) is 0 Å². The molecule has 14 heavy (non-hydrogen) atoms. The third-order valence-corrected chi connectivity index (χ3v) is 2.64. The highest BCUT2D eigenvalue weighted by atomic mass is 15.5. The van der Waals surface area contributed by atoms with E-state index >= 15 is 0 Å². The zero-order valence-electron chi connectivity index (χ0n) is 10.3. The molecule has 0 bridgehead atoms. The molecule has 3 nitrogen and oxygen atoms in total. The Morgan fingerprint density at radius 1 is 0.857 bits per heavy atom. The van der Waals surface area contributed by atoms with Crippen LogP contribution in [0.2, 0.25) is 0 Å². The van der Waals surface area contributed by atoms with Gasteiger partial charge < -0.3 is 4.90 Å². The predicted molar refractivity (Wildman–Crippen MR) is 63.3 cm³/mol. The average Bonchev–Trinajstić information content (AvgIpc) is 2.24. The number of rotatable bonds is 9. The van der Waals surface area contributed by atoms with Crippen LogP contribution in [0.1, 0.15) is 34.1 Å². The Balaban J connectivity index is 3.35. The van der Waals surface area contributed by atoms with Crippen molar-refractivity contribution in [1.82, 2.24) is 15.3 Å². The van der Waals surface area contributed by atoms with E-state index in [1.807, 2.05) is 0 Å². The van der Waals surface area contributed by atoms with Crippen molar-refractivity contribution in [3.63, 3.8) is 0 Å². The zero-order valence-corrected chi connectivity index (χ0v) is 10.3. The third-order valence-electron chi connectivity index (χ3n) is 2.64. The summed E-state index contributed by atoms with van der Waals surface area (Å²) < 4.78 is 0. The molecule has 1 N–H and O–H groups in total. The molecule has 0 aromatic heterocycles. The molecule has 0 aliphatic heterocycles. The minimum absolute atomic E-state index is 1.09. The van der Waals surface area contributed by atoms with Crippen LogP contribution in [0.25, 0.3) is 0 Å². The van der Waals surface area contributed by atoms with Crippen LogP contribution in [0.4, 0.5) is 0 Å². The monoisotopic (exact) mass is 201 g/mol. The summed E-state index contributed by atoms with van der Waals surface area (Å²) in [6.45, 7) is 15.6. The molecular weight excluding hydrogens is 174 g/mol. The number of hydrazine groups is 1. The van der Waals surface area contributed by atoms with Crippen LogP contribution in [-0.4, -0.2) is 49.2 Å². The fourth-order valence-corrected chi connectivity index (χ4v) is 1.53. The van der Waals surface area contributed by atoms with E-state index in [1.165, 1.54) is 26.1 Å². The van der Waals surface area contributed by atoms with Gasteiger partial charge in [-0.2, -0.15) is 0 Å². The van der Waals surface area contributed by atoms with Crippen molar-refractivity contribution in [1.29, 1.82) is 0 Å². The van der Waals surface area contributed by atoms with Gasteiger partial charge in [0, 0.05) is 19.6 Å². The molecule has 0 spiro atoms. The predicted octanol–water partition coefficient (Wildman–Crippen LogP) is 1.56. The van der Waals surface area contributed by atoms with Crippen LogP contribution < -0.4 is 5.43 Å². The van der Waals surface area contributed by atoms with Gasteiger partial charge in [0.05, 0.1) is 0 Å². The first kappa shape index (κ1) is 13.9. The summed E-state index contributed by atoms with van der Waals surface area (Å²) in [6.07, 6.45) is 1.23. The Bertz CT molecular complexity index is 95.1. The zero-order chi connectivity index (χ0) is 10.8. The van der Waals surface area contributed by atoms with Crippen molar-refractivity contribution in [2.24, 2.45) is 0 Å². The van der Waals surface area contributed by atoms with Crippen molar-refractivity contribution >= 4 is 0 Å². The number of hydrogen-bond donors (Lipinski definition) is 1. The molecule has 0 rings (SSSR count). The van der Waals surface area contributed by atoms with Gasteiger partial charge in [-0.3, -0.25) is 5.43 Å². The topological polar surface area (TPSA) is 18.5 Å². The first-order chi connectivity index (χ1) is 6.78. The molecule has 0 heterocycles. The van der Waals surface area contributed by atoms with Gasteiger partial charge >= 0.3 is 0 Å². The summed E-state index contributed by atoms with van der Waals surface area (Å²) in [4.78, 5) is 2.46. The summed E-state index contributed by atoms with van der Waals surface area (Å²) >= 11 is 0. The Labute approximate surface area is 89.4 Å². The van der Waals surface area contributed by atoms with Crippen molar-refractivity contribution in [2.45, 2.75) is 34.1 Å². The number of hydrogen-bond acceptors (Lipinski definition) is 3. The van der Waals surface area contributed by atoms with Crippen molar-refractivity contribution in [3.05, 3.63) is 0 Å². The maximum absolute atomic E-state index is 3.43. The molecule has 0 aliphatic rings. The Morgan fingerprint density at radius 2 is 1.43 bits per heavy atom. The highest BCUT2D eigenvalue weighted by molar-refractivity contribution is 4.54. The van der Waals surface area contributed by atoms with Crippen LogP contribution >= 0.6 is 0 Å². The number of nitrogens with zero attached hydrogens (tertiary/aromatic N) is 2. The smallest absolute Gasteiger partial charge is 0.0114 e. The maximum atomic E-state index is 3.43. The molecule has 0 amide bonds. The fourth-order valence-electron chi connectivity index (χ4n) is 1.53. The van der Waals surface area contributed by atoms with Crippen LogP contribution in [0.15, 0.2) is 0 Å². The maximum Gasteiger partial charge on any atom is 0.0114 e. The van der Waals surface area contributed by atoms with E-state index in [0.29, 0.717) is 0 Å². The van der Waals surface area contributed by atoms with E-state index < -0.39 is 0 Å². The van der Waals surface area contributed by atoms with Crippen molar-refractivity contribution in [3.8, 4) is 0 Å². The van der Waals surface area contributed by atoms with Crippen LogP contribution in [0, 0.1) is 0 Å². The van der Waals surface area contributed by atoms with Crippen molar-refractivity contribution < 1.29 is 0 Å². The van der Waals surface area contributed by atoms with Gasteiger partial charge in [-0.1, -0.05) is 27.7 Å². The fraction of sp³-hybridized carbons (Fsp3) is 1.00. The summed E-state index contributed by atoms with van der Waals surface area (Å²) in [5.41, 5.74) is 3.43. The molecule has 0 aliphatic carbocycles. The summed E-state index contributed by atoms with van der Waals surface area (Å²) in [6, 6.07) is 0. The Hall–Kier alpha value is -0.120. The molecule has 86 valence electrons. The summed E-state index contributed by atoms with van der Waals surface area (Å²) in [7, 11) is 0. The largest absolute Gasteiger partial charge is 0.304 e. The quantitative estimate of drug-likeness (QED) is 0.451. The lowest BCUT2D eigenvalue weighted by molar-refractivity contribution is 0.199. The lowest BCUT2D eigenvalue weighted by atomic mass is 10.4. The lowest BCUT2D eigenvalue weighted by Crippen LogP contribution is -2.39. The molecule has 0 saturated carbocycles. The van der Waals surface area contributed by atoms with E-state index in [-0.39, 0.29) is 0 Å². The van der Waals surface area contributed by atoms with Gasteiger partial charge in [0.2, 0.25) is 0 Å². The second-order valence-electron chi connectivity index (χ2n) is 3.46. The minimum atomic E-state index is 1.09. The van der Waals surface area contributed by atoms with Gasteiger partial charge in [0.25, 0.3) is 0 Å². The molecule has 0 radical (unpaired) electrons. The molecular formula is C11H27N3. The molecule has 0 atom stereocenters. The summed E-state index contributed by atoms with van der Waals surface area (Å²) in [5, 5.41) is 2.25. The molecule has 0 fully saturated rings. The van der Waals surface area contributed by atoms with E-state index in [1.54, 1.807) is 0 Å². The Morgan fingerprint density at radius 3 is 1.86 bits per heavy atom. The molecule has 3 heteroatoms.